The number of hydrogen-bond acceptors (Lipinski definition) is 2. The number of nitrogens with two attached hydrogens (primary N) is 1. The van der Waals surface area contributed by atoms with Crippen LogP contribution < -0.4 is 5.73 Å². The molecular formula is C13H20N2. The van der Waals surface area contributed by atoms with Crippen molar-refractivity contribution in [1.82, 2.24) is 4.90 Å². The molecule has 1 aromatic carbocycles. The van der Waals surface area contributed by atoms with Crippen LogP contribution in [0.15, 0.2) is 30.3 Å². The van der Waals surface area contributed by atoms with E-state index in [0.29, 0.717) is 12.1 Å². The van der Waals surface area contributed by atoms with Crippen molar-refractivity contribution in [2.24, 2.45) is 5.73 Å². The van der Waals surface area contributed by atoms with E-state index >= 15 is 0 Å². The lowest BCUT2D eigenvalue weighted by molar-refractivity contribution is 0.159. The topological polar surface area (TPSA) is 29.3 Å². The Morgan fingerprint density at radius 3 is 2.73 bits per heavy atom. The first-order chi connectivity index (χ1) is 7.27. The van der Waals surface area contributed by atoms with Gasteiger partial charge >= 0.3 is 0 Å². The van der Waals surface area contributed by atoms with Crippen LogP contribution in [0, 0.1) is 0 Å². The van der Waals surface area contributed by atoms with Crippen molar-refractivity contribution in [3.8, 4) is 0 Å². The molecule has 1 aliphatic heterocycles. The number of piperidine rings is 1. The molecule has 0 unspecified atom stereocenters. The maximum Gasteiger partial charge on any atom is 0.0320 e. The Labute approximate surface area is 92.1 Å². The van der Waals surface area contributed by atoms with Gasteiger partial charge in [-0.3, -0.25) is 4.90 Å². The number of likely N-dealkylation sites (tertiary alicyclic amines) is 1. The molecule has 2 atom stereocenters. The van der Waals surface area contributed by atoms with Crippen LogP contribution in [0.5, 0.6) is 0 Å². The fraction of sp³-hybridized carbons (Fsp3) is 0.538. The van der Waals surface area contributed by atoms with Gasteiger partial charge in [-0.15, -0.1) is 0 Å². The van der Waals surface area contributed by atoms with Gasteiger partial charge in [-0.05, 0) is 31.9 Å². The zero-order valence-electron chi connectivity index (χ0n) is 9.39. The Morgan fingerprint density at radius 1 is 1.33 bits per heavy atom. The fourth-order valence-electron chi connectivity index (χ4n) is 2.33. The summed E-state index contributed by atoms with van der Waals surface area (Å²) in [5, 5.41) is 0. The van der Waals surface area contributed by atoms with Crippen molar-refractivity contribution in [2.45, 2.75) is 31.8 Å². The van der Waals surface area contributed by atoms with Crippen molar-refractivity contribution in [2.75, 3.05) is 13.1 Å². The van der Waals surface area contributed by atoms with Crippen LogP contribution in [0.3, 0.4) is 0 Å². The molecule has 0 bridgehead atoms. The standard InChI is InChI=1S/C13H20N2/c1-11(12-6-3-2-4-7-12)15-9-5-8-13(14)10-15/h2-4,6-7,11,13H,5,8-10,14H2,1H3/t11-,13+/m1/s1. The van der Waals surface area contributed by atoms with Crippen LogP contribution >= 0.6 is 0 Å². The Hall–Kier alpha value is -0.860. The zero-order valence-corrected chi connectivity index (χ0v) is 9.39. The second-order valence-electron chi connectivity index (χ2n) is 4.48. The van der Waals surface area contributed by atoms with Crippen molar-refractivity contribution in [1.29, 1.82) is 0 Å². The highest BCUT2D eigenvalue weighted by Crippen LogP contribution is 2.23. The molecule has 0 radical (unpaired) electrons. The van der Waals surface area contributed by atoms with Crippen molar-refractivity contribution >= 4 is 0 Å². The van der Waals surface area contributed by atoms with Gasteiger partial charge in [0.05, 0.1) is 0 Å². The third kappa shape index (κ3) is 2.58. The molecule has 15 heavy (non-hydrogen) atoms. The summed E-state index contributed by atoms with van der Waals surface area (Å²) in [5.41, 5.74) is 7.39. The highest BCUT2D eigenvalue weighted by Gasteiger charge is 2.21. The van der Waals surface area contributed by atoms with E-state index in [4.69, 9.17) is 5.73 Å². The van der Waals surface area contributed by atoms with Gasteiger partial charge in [0, 0.05) is 18.6 Å². The van der Waals surface area contributed by atoms with E-state index in [9.17, 15) is 0 Å². The average molecular weight is 204 g/mol. The molecule has 0 aliphatic carbocycles. The fourth-order valence-corrected chi connectivity index (χ4v) is 2.33. The smallest absolute Gasteiger partial charge is 0.0320 e. The molecule has 2 heteroatoms. The highest BCUT2D eigenvalue weighted by atomic mass is 15.2. The summed E-state index contributed by atoms with van der Waals surface area (Å²) < 4.78 is 0. The molecule has 1 fully saturated rings. The maximum atomic E-state index is 6.00. The Bertz CT molecular complexity index is 297. The molecule has 1 aromatic rings. The molecule has 1 aliphatic rings. The second-order valence-corrected chi connectivity index (χ2v) is 4.48. The first-order valence-electron chi connectivity index (χ1n) is 5.82. The maximum absolute atomic E-state index is 6.00. The van der Waals surface area contributed by atoms with Crippen LogP contribution in [0.2, 0.25) is 0 Å². The molecule has 2 rings (SSSR count). The molecule has 0 aromatic heterocycles. The molecule has 0 saturated carbocycles. The van der Waals surface area contributed by atoms with Gasteiger partial charge in [0.15, 0.2) is 0 Å². The lowest BCUT2D eigenvalue weighted by atomic mass is 10.0. The summed E-state index contributed by atoms with van der Waals surface area (Å²) in [7, 11) is 0. The summed E-state index contributed by atoms with van der Waals surface area (Å²) in [6.07, 6.45) is 2.41. The minimum Gasteiger partial charge on any atom is -0.327 e. The third-order valence-electron chi connectivity index (χ3n) is 3.32. The number of nitrogens with zero attached hydrogens (tertiary/aromatic N) is 1. The van der Waals surface area contributed by atoms with Crippen molar-refractivity contribution in [3.05, 3.63) is 35.9 Å². The normalized spacial score (nSPS) is 25.1. The van der Waals surface area contributed by atoms with Crippen LogP contribution in [0.25, 0.3) is 0 Å². The van der Waals surface area contributed by atoms with E-state index < -0.39 is 0 Å². The van der Waals surface area contributed by atoms with Gasteiger partial charge in [0.25, 0.3) is 0 Å². The summed E-state index contributed by atoms with van der Waals surface area (Å²) in [6, 6.07) is 11.5. The highest BCUT2D eigenvalue weighted by molar-refractivity contribution is 5.18. The summed E-state index contributed by atoms with van der Waals surface area (Å²) in [5.74, 6) is 0. The number of benzene rings is 1. The van der Waals surface area contributed by atoms with Crippen molar-refractivity contribution < 1.29 is 0 Å². The molecule has 2 nitrogen and oxygen atoms in total. The first-order valence-corrected chi connectivity index (χ1v) is 5.82. The monoisotopic (exact) mass is 204 g/mol. The van der Waals surface area contributed by atoms with Gasteiger partial charge < -0.3 is 5.73 Å². The SMILES string of the molecule is C[C@H](c1ccccc1)N1CCC[C@H](N)C1. The van der Waals surface area contributed by atoms with Crippen LogP contribution in [-0.4, -0.2) is 24.0 Å². The van der Waals surface area contributed by atoms with Gasteiger partial charge in [-0.1, -0.05) is 30.3 Å². The molecule has 82 valence electrons. The van der Waals surface area contributed by atoms with Gasteiger partial charge in [-0.2, -0.15) is 0 Å². The van der Waals surface area contributed by atoms with E-state index in [2.05, 4.69) is 42.2 Å². The Morgan fingerprint density at radius 2 is 2.07 bits per heavy atom. The zero-order chi connectivity index (χ0) is 10.7. The van der Waals surface area contributed by atoms with E-state index in [1.807, 2.05) is 0 Å². The molecule has 1 saturated heterocycles. The second kappa shape index (κ2) is 4.77. The van der Waals surface area contributed by atoms with E-state index in [1.165, 1.54) is 24.9 Å². The van der Waals surface area contributed by atoms with Crippen LogP contribution in [0.1, 0.15) is 31.4 Å². The molecule has 1 heterocycles. The minimum atomic E-state index is 0.366. The average Bonchev–Trinajstić information content (AvgIpc) is 2.29. The van der Waals surface area contributed by atoms with Crippen molar-refractivity contribution in [3.63, 3.8) is 0 Å². The van der Waals surface area contributed by atoms with Gasteiger partial charge in [-0.25, -0.2) is 0 Å². The molecule has 0 amide bonds. The predicted octanol–water partition coefficient (Wildman–Crippen LogP) is 2.17. The summed E-state index contributed by atoms with van der Waals surface area (Å²) >= 11 is 0. The lowest BCUT2D eigenvalue weighted by Gasteiger charge is -2.35. The predicted molar refractivity (Wildman–Crippen MR) is 63.6 cm³/mol. The Kier molecular flexibility index (Phi) is 3.39. The lowest BCUT2D eigenvalue weighted by Crippen LogP contribution is -2.43. The molecular weight excluding hydrogens is 184 g/mol. The number of hydrogen-bond donors (Lipinski definition) is 1. The summed E-state index contributed by atoms with van der Waals surface area (Å²) in [4.78, 5) is 2.49. The van der Waals surface area contributed by atoms with Crippen LogP contribution in [-0.2, 0) is 0 Å². The molecule has 2 N–H and O–H groups in total. The molecule has 0 spiro atoms. The number of rotatable bonds is 2. The van der Waals surface area contributed by atoms with E-state index in [-0.39, 0.29) is 0 Å². The quantitative estimate of drug-likeness (QED) is 0.800. The minimum absolute atomic E-state index is 0.366. The third-order valence-corrected chi connectivity index (χ3v) is 3.32. The largest absolute Gasteiger partial charge is 0.327 e. The first kappa shape index (κ1) is 10.7. The van der Waals surface area contributed by atoms with Gasteiger partial charge in [0.2, 0.25) is 0 Å². The van der Waals surface area contributed by atoms with Gasteiger partial charge in [0.1, 0.15) is 0 Å². The van der Waals surface area contributed by atoms with E-state index in [1.54, 1.807) is 0 Å². The van der Waals surface area contributed by atoms with E-state index in [0.717, 1.165) is 6.54 Å². The summed E-state index contributed by atoms with van der Waals surface area (Å²) in [6.45, 7) is 4.49. The Balaban J connectivity index is 2.04. The van der Waals surface area contributed by atoms with Crippen LogP contribution in [0.4, 0.5) is 0 Å².